The summed E-state index contributed by atoms with van der Waals surface area (Å²) in [6, 6.07) is 11.9. The average molecular weight is 476 g/mol. The molecule has 7 nitrogen and oxygen atoms in total. The molecule has 9 heteroatoms. The van der Waals surface area contributed by atoms with Crippen molar-refractivity contribution in [3.05, 3.63) is 63.5 Å². The van der Waals surface area contributed by atoms with Gasteiger partial charge >= 0.3 is 5.97 Å². The van der Waals surface area contributed by atoms with Crippen molar-refractivity contribution < 1.29 is 28.6 Å². The number of nitrogens with zero attached hydrogens (tertiary/aromatic N) is 1. The normalized spacial score (nSPS) is 15.8. The van der Waals surface area contributed by atoms with E-state index < -0.39 is 23.2 Å². The Hall–Kier alpha value is -2.97. The van der Waals surface area contributed by atoms with Gasteiger partial charge in [0.25, 0.3) is 11.1 Å². The highest BCUT2D eigenvalue weighted by Crippen LogP contribution is 2.40. The van der Waals surface area contributed by atoms with Crippen molar-refractivity contribution in [1.29, 1.82) is 0 Å². The van der Waals surface area contributed by atoms with E-state index in [2.05, 4.69) is 4.74 Å². The van der Waals surface area contributed by atoms with Crippen LogP contribution < -0.4 is 9.47 Å². The van der Waals surface area contributed by atoms with Gasteiger partial charge in [0.05, 0.1) is 23.6 Å². The molecular weight excluding hydrogens is 454 g/mol. The fraction of sp³-hybridized carbons (Fsp3) is 0.261. The summed E-state index contributed by atoms with van der Waals surface area (Å²) in [6.07, 6.45) is 1.53. The highest BCUT2D eigenvalue weighted by Gasteiger charge is 2.41. The number of hydrogen-bond acceptors (Lipinski definition) is 7. The Bertz CT molecular complexity index is 1060. The lowest BCUT2D eigenvalue weighted by Crippen LogP contribution is -2.42. The molecule has 0 saturated carbocycles. The molecule has 2 aromatic rings. The third kappa shape index (κ3) is 5.26. The Balaban J connectivity index is 1.87. The fourth-order valence-electron chi connectivity index (χ4n) is 3.05. The third-order valence-corrected chi connectivity index (χ3v) is 5.77. The zero-order valence-corrected chi connectivity index (χ0v) is 19.4. The second kappa shape index (κ2) is 10.6. The molecule has 0 spiro atoms. The number of thioether (sulfide) groups is 1. The zero-order valence-electron chi connectivity index (χ0n) is 17.8. The molecule has 1 atom stereocenters. The second-order valence-electron chi connectivity index (χ2n) is 6.79. The van der Waals surface area contributed by atoms with Crippen molar-refractivity contribution in [2.24, 2.45) is 0 Å². The van der Waals surface area contributed by atoms with Crippen LogP contribution in [0.1, 0.15) is 25.0 Å². The molecule has 1 aliphatic rings. The molecule has 2 aromatic carbocycles. The molecule has 0 N–H and O–H groups in total. The first-order valence-corrected chi connectivity index (χ1v) is 11.0. The van der Waals surface area contributed by atoms with Gasteiger partial charge in [-0.3, -0.25) is 14.5 Å². The van der Waals surface area contributed by atoms with Gasteiger partial charge in [-0.05, 0) is 54.9 Å². The molecule has 0 aliphatic carbocycles. The number of ether oxygens (including phenoxy) is 3. The van der Waals surface area contributed by atoms with Gasteiger partial charge in [-0.15, -0.1) is 0 Å². The van der Waals surface area contributed by atoms with Gasteiger partial charge in [0.1, 0.15) is 12.6 Å². The molecule has 0 aromatic heterocycles. The minimum absolute atomic E-state index is 0.169. The van der Waals surface area contributed by atoms with Crippen molar-refractivity contribution >= 4 is 46.6 Å². The number of benzene rings is 2. The first-order valence-electron chi connectivity index (χ1n) is 9.83. The maximum Gasteiger partial charge on any atom is 0.328 e. The Labute approximate surface area is 195 Å². The average Bonchev–Trinajstić information content (AvgIpc) is 3.05. The molecule has 32 heavy (non-hydrogen) atoms. The van der Waals surface area contributed by atoms with Crippen LogP contribution in [0.3, 0.4) is 0 Å². The summed E-state index contributed by atoms with van der Waals surface area (Å²) in [7, 11) is 1.20. The number of carbonyl (C=O) groups excluding carboxylic acids is 3. The Kier molecular flexibility index (Phi) is 7.82. The van der Waals surface area contributed by atoms with Crippen LogP contribution in [-0.2, 0) is 20.9 Å². The maximum atomic E-state index is 12.7. The summed E-state index contributed by atoms with van der Waals surface area (Å²) in [5.41, 5.74) is 1.53. The Morgan fingerprint density at radius 1 is 1.19 bits per heavy atom. The SMILES string of the molecule is CCOc1cc(/C=C2/SC(=O)N([C@H](C)C(=O)OC)C2=O)cc(Cl)c1OCc1ccccc1. The summed E-state index contributed by atoms with van der Waals surface area (Å²) >= 11 is 7.21. The predicted molar refractivity (Wildman–Crippen MR) is 123 cm³/mol. The Morgan fingerprint density at radius 2 is 1.91 bits per heavy atom. The molecule has 0 unspecified atom stereocenters. The number of carbonyl (C=O) groups is 3. The number of amides is 2. The number of esters is 1. The lowest BCUT2D eigenvalue weighted by molar-refractivity contribution is -0.148. The summed E-state index contributed by atoms with van der Waals surface area (Å²) < 4.78 is 16.2. The van der Waals surface area contributed by atoms with Gasteiger partial charge in [0.2, 0.25) is 0 Å². The zero-order chi connectivity index (χ0) is 23.3. The molecule has 1 saturated heterocycles. The maximum absolute atomic E-state index is 12.7. The molecule has 3 rings (SSSR count). The predicted octanol–water partition coefficient (Wildman–Crippen LogP) is 4.92. The number of rotatable bonds is 8. The standard InChI is InChI=1S/C23H22ClNO6S/c1-4-30-18-11-16(10-17(24)20(18)31-13-15-8-6-5-7-9-15)12-19-21(26)25(23(28)32-19)14(2)22(27)29-3/h5-12,14H,4,13H2,1-3H3/b19-12+/t14-/m1/s1. The largest absolute Gasteiger partial charge is 0.490 e. The molecular formula is C23H22ClNO6S. The smallest absolute Gasteiger partial charge is 0.328 e. The molecule has 1 fully saturated rings. The van der Waals surface area contributed by atoms with Crippen LogP contribution >= 0.6 is 23.4 Å². The lowest BCUT2D eigenvalue weighted by atomic mass is 10.1. The van der Waals surface area contributed by atoms with E-state index in [0.717, 1.165) is 22.2 Å². The molecule has 2 amide bonds. The van der Waals surface area contributed by atoms with E-state index in [-0.39, 0.29) is 4.91 Å². The Morgan fingerprint density at radius 3 is 2.56 bits per heavy atom. The minimum atomic E-state index is -1.02. The first kappa shape index (κ1) is 23.7. The van der Waals surface area contributed by atoms with Crippen LogP contribution in [-0.4, -0.2) is 41.8 Å². The number of methoxy groups -OCH3 is 1. The highest BCUT2D eigenvalue weighted by molar-refractivity contribution is 8.18. The third-order valence-electron chi connectivity index (χ3n) is 4.61. The number of halogens is 1. The van der Waals surface area contributed by atoms with Crippen LogP contribution in [0.25, 0.3) is 6.08 Å². The van der Waals surface area contributed by atoms with E-state index in [9.17, 15) is 14.4 Å². The van der Waals surface area contributed by atoms with Gasteiger partial charge in [-0.1, -0.05) is 41.9 Å². The first-order chi connectivity index (χ1) is 15.3. The van der Waals surface area contributed by atoms with Crippen molar-refractivity contribution in [2.75, 3.05) is 13.7 Å². The number of imide groups is 1. The molecule has 0 bridgehead atoms. The molecule has 0 radical (unpaired) electrons. The summed E-state index contributed by atoms with van der Waals surface area (Å²) in [4.78, 5) is 37.9. The summed E-state index contributed by atoms with van der Waals surface area (Å²) in [6.45, 7) is 3.97. The highest BCUT2D eigenvalue weighted by atomic mass is 35.5. The van der Waals surface area contributed by atoms with E-state index in [1.807, 2.05) is 37.3 Å². The van der Waals surface area contributed by atoms with Crippen molar-refractivity contribution in [3.8, 4) is 11.5 Å². The molecule has 168 valence electrons. The van der Waals surface area contributed by atoms with Gasteiger partial charge in [0, 0.05) is 0 Å². The second-order valence-corrected chi connectivity index (χ2v) is 8.19. The minimum Gasteiger partial charge on any atom is -0.490 e. The van der Waals surface area contributed by atoms with E-state index in [0.29, 0.717) is 35.3 Å². The summed E-state index contributed by atoms with van der Waals surface area (Å²) in [5.74, 6) is -0.433. The summed E-state index contributed by atoms with van der Waals surface area (Å²) in [5, 5.41) is -0.238. The van der Waals surface area contributed by atoms with Gasteiger partial charge in [-0.2, -0.15) is 0 Å². The van der Waals surface area contributed by atoms with Crippen molar-refractivity contribution in [2.45, 2.75) is 26.5 Å². The van der Waals surface area contributed by atoms with Gasteiger partial charge in [0.15, 0.2) is 11.5 Å². The van der Waals surface area contributed by atoms with Gasteiger partial charge in [-0.25, -0.2) is 4.79 Å². The van der Waals surface area contributed by atoms with Crippen LogP contribution in [0, 0.1) is 0 Å². The molecule has 1 heterocycles. The van der Waals surface area contributed by atoms with Crippen LogP contribution in [0.15, 0.2) is 47.4 Å². The van der Waals surface area contributed by atoms with Crippen molar-refractivity contribution in [3.63, 3.8) is 0 Å². The van der Waals surface area contributed by atoms with E-state index >= 15 is 0 Å². The number of hydrogen-bond donors (Lipinski definition) is 0. The van der Waals surface area contributed by atoms with E-state index in [1.165, 1.54) is 20.1 Å². The monoisotopic (exact) mass is 475 g/mol. The molecule has 1 aliphatic heterocycles. The van der Waals surface area contributed by atoms with E-state index in [1.54, 1.807) is 12.1 Å². The van der Waals surface area contributed by atoms with E-state index in [4.69, 9.17) is 21.1 Å². The van der Waals surface area contributed by atoms with Gasteiger partial charge < -0.3 is 14.2 Å². The lowest BCUT2D eigenvalue weighted by Gasteiger charge is -2.18. The quantitative estimate of drug-likeness (QED) is 0.396. The van der Waals surface area contributed by atoms with Crippen LogP contribution in [0.2, 0.25) is 5.02 Å². The van der Waals surface area contributed by atoms with Crippen LogP contribution in [0.4, 0.5) is 4.79 Å². The topological polar surface area (TPSA) is 82.1 Å². The fourth-order valence-corrected chi connectivity index (χ4v) is 4.23. The van der Waals surface area contributed by atoms with Crippen molar-refractivity contribution in [1.82, 2.24) is 4.90 Å². The van der Waals surface area contributed by atoms with Crippen LogP contribution in [0.5, 0.6) is 11.5 Å².